The van der Waals surface area contributed by atoms with Crippen molar-refractivity contribution in [3.05, 3.63) is 11.2 Å². The van der Waals surface area contributed by atoms with Crippen molar-refractivity contribution < 1.29 is 5.11 Å². The van der Waals surface area contributed by atoms with Crippen molar-refractivity contribution in [2.24, 2.45) is 5.92 Å². The number of nitrogens with two attached hydrogens (primary N) is 1. The van der Waals surface area contributed by atoms with E-state index >= 15 is 0 Å². The molecule has 2 aliphatic rings. The summed E-state index contributed by atoms with van der Waals surface area (Å²) in [5.41, 5.74) is 5.15. The van der Waals surface area contributed by atoms with Crippen LogP contribution in [0.25, 0.3) is 0 Å². The minimum atomic E-state index is -0.486. The molecule has 2 atom stereocenters. The second-order valence-corrected chi connectivity index (χ2v) is 6.05. The monoisotopic (exact) mass is 282 g/mol. The summed E-state index contributed by atoms with van der Waals surface area (Å²) in [6.45, 7) is 1.57. The Hall–Kier alpha value is -1.07. The molecule has 3 N–H and O–H groups in total. The lowest BCUT2D eigenvalue weighted by molar-refractivity contribution is -0.0613. The molecule has 104 valence electrons. The van der Waals surface area contributed by atoms with Crippen LogP contribution in [0.3, 0.4) is 0 Å². The van der Waals surface area contributed by atoms with E-state index < -0.39 is 5.60 Å². The zero-order valence-electron chi connectivity index (χ0n) is 10.8. The van der Waals surface area contributed by atoms with E-state index in [1.807, 2.05) is 0 Å². The quantitative estimate of drug-likeness (QED) is 0.822. The Morgan fingerprint density at radius 3 is 3.11 bits per heavy atom. The number of rotatable bonds is 1. The highest BCUT2D eigenvalue weighted by Crippen LogP contribution is 2.41. The van der Waals surface area contributed by atoms with Gasteiger partial charge in [-0.2, -0.15) is 4.98 Å². The number of piperidine rings is 1. The SMILES string of the molecule is Nc1ncc(Cl)c(N2CCC3(O)CCCCC3C2)n1. The van der Waals surface area contributed by atoms with Gasteiger partial charge in [0.1, 0.15) is 5.02 Å². The predicted molar refractivity (Wildman–Crippen MR) is 75.2 cm³/mol. The molecule has 1 aliphatic heterocycles. The fourth-order valence-electron chi connectivity index (χ4n) is 3.36. The average Bonchev–Trinajstić information content (AvgIpc) is 2.40. The number of aliphatic hydroxyl groups is 1. The third-order valence-corrected chi connectivity index (χ3v) is 4.74. The smallest absolute Gasteiger partial charge is 0.222 e. The van der Waals surface area contributed by atoms with E-state index in [9.17, 15) is 5.11 Å². The molecular formula is C13H19ClN4O. The molecular weight excluding hydrogens is 264 g/mol. The first kappa shape index (κ1) is 12.9. The predicted octanol–water partition coefficient (Wildman–Crippen LogP) is 1.84. The minimum absolute atomic E-state index is 0.240. The first-order valence-corrected chi connectivity index (χ1v) is 7.22. The topological polar surface area (TPSA) is 75.3 Å². The Morgan fingerprint density at radius 1 is 1.42 bits per heavy atom. The van der Waals surface area contributed by atoms with Gasteiger partial charge in [-0.1, -0.05) is 24.4 Å². The first-order valence-electron chi connectivity index (χ1n) is 6.84. The normalized spacial score (nSPS) is 31.1. The van der Waals surface area contributed by atoms with E-state index in [2.05, 4.69) is 14.9 Å². The van der Waals surface area contributed by atoms with Crippen molar-refractivity contribution in [3.8, 4) is 0 Å². The average molecular weight is 283 g/mol. The molecule has 1 saturated carbocycles. The molecule has 19 heavy (non-hydrogen) atoms. The molecule has 1 aromatic rings. The van der Waals surface area contributed by atoms with Gasteiger partial charge in [-0.15, -0.1) is 0 Å². The number of aromatic nitrogens is 2. The van der Waals surface area contributed by atoms with Crippen LogP contribution in [0.1, 0.15) is 32.1 Å². The van der Waals surface area contributed by atoms with Gasteiger partial charge in [0, 0.05) is 19.0 Å². The molecule has 6 heteroatoms. The van der Waals surface area contributed by atoms with E-state index in [1.54, 1.807) is 6.20 Å². The summed E-state index contributed by atoms with van der Waals surface area (Å²) in [5, 5.41) is 11.2. The van der Waals surface area contributed by atoms with E-state index in [-0.39, 0.29) is 5.95 Å². The number of nitrogens with zero attached hydrogens (tertiary/aromatic N) is 3. The van der Waals surface area contributed by atoms with E-state index in [4.69, 9.17) is 17.3 Å². The highest BCUT2D eigenvalue weighted by molar-refractivity contribution is 6.32. The zero-order valence-corrected chi connectivity index (χ0v) is 11.6. The number of anilines is 2. The lowest BCUT2D eigenvalue weighted by Crippen LogP contribution is -2.53. The van der Waals surface area contributed by atoms with Crippen molar-refractivity contribution in [1.82, 2.24) is 9.97 Å². The van der Waals surface area contributed by atoms with Crippen LogP contribution in [0.4, 0.5) is 11.8 Å². The van der Waals surface area contributed by atoms with Crippen LogP contribution in [0.2, 0.25) is 5.02 Å². The molecule has 1 aliphatic carbocycles. The van der Waals surface area contributed by atoms with Gasteiger partial charge in [0.05, 0.1) is 11.8 Å². The number of halogens is 1. The Morgan fingerprint density at radius 2 is 2.26 bits per heavy atom. The largest absolute Gasteiger partial charge is 0.389 e. The summed E-state index contributed by atoms with van der Waals surface area (Å²) in [4.78, 5) is 10.3. The second-order valence-electron chi connectivity index (χ2n) is 5.64. The lowest BCUT2D eigenvalue weighted by atomic mass is 9.71. The summed E-state index contributed by atoms with van der Waals surface area (Å²) in [6.07, 6.45) is 6.64. The van der Waals surface area contributed by atoms with Crippen LogP contribution in [0.5, 0.6) is 0 Å². The molecule has 2 heterocycles. The molecule has 0 aromatic carbocycles. The van der Waals surface area contributed by atoms with Crippen LogP contribution in [-0.4, -0.2) is 33.8 Å². The van der Waals surface area contributed by atoms with Crippen molar-refractivity contribution in [2.75, 3.05) is 23.7 Å². The molecule has 2 unspecified atom stereocenters. The molecule has 1 aromatic heterocycles. The summed E-state index contributed by atoms with van der Waals surface area (Å²) < 4.78 is 0. The Labute approximate surface area is 117 Å². The van der Waals surface area contributed by atoms with Crippen LogP contribution in [0.15, 0.2) is 6.20 Å². The fourth-order valence-corrected chi connectivity index (χ4v) is 3.57. The van der Waals surface area contributed by atoms with Crippen molar-refractivity contribution in [3.63, 3.8) is 0 Å². The maximum atomic E-state index is 10.7. The Balaban J connectivity index is 1.82. The van der Waals surface area contributed by atoms with Crippen LogP contribution >= 0.6 is 11.6 Å². The van der Waals surface area contributed by atoms with Crippen LogP contribution in [0, 0.1) is 5.92 Å². The highest BCUT2D eigenvalue weighted by Gasteiger charge is 2.43. The minimum Gasteiger partial charge on any atom is -0.389 e. The summed E-state index contributed by atoms with van der Waals surface area (Å²) in [6, 6.07) is 0. The molecule has 0 amide bonds. The summed E-state index contributed by atoms with van der Waals surface area (Å²) in [5.74, 6) is 1.24. The maximum Gasteiger partial charge on any atom is 0.222 e. The van der Waals surface area contributed by atoms with Gasteiger partial charge in [0.2, 0.25) is 5.95 Å². The van der Waals surface area contributed by atoms with Gasteiger partial charge < -0.3 is 15.7 Å². The van der Waals surface area contributed by atoms with Gasteiger partial charge in [-0.25, -0.2) is 4.98 Å². The first-order chi connectivity index (χ1) is 9.08. The summed E-state index contributed by atoms with van der Waals surface area (Å²) >= 11 is 6.15. The number of hydrogen-bond acceptors (Lipinski definition) is 5. The molecule has 0 radical (unpaired) electrons. The van der Waals surface area contributed by atoms with E-state index in [1.165, 1.54) is 6.42 Å². The maximum absolute atomic E-state index is 10.7. The van der Waals surface area contributed by atoms with Crippen molar-refractivity contribution in [1.29, 1.82) is 0 Å². The Bertz CT molecular complexity index is 484. The molecule has 2 fully saturated rings. The van der Waals surface area contributed by atoms with Gasteiger partial charge in [0.25, 0.3) is 0 Å². The van der Waals surface area contributed by atoms with Gasteiger partial charge >= 0.3 is 0 Å². The van der Waals surface area contributed by atoms with Crippen LogP contribution in [-0.2, 0) is 0 Å². The summed E-state index contributed by atoms with van der Waals surface area (Å²) in [7, 11) is 0. The van der Waals surface area contributed by atoms with Crippen molar-refractivity contribution in [2.45, 2.75) is 37.7 Å². The number of nitrogen functional groups attached to an aromatic ring is 1. The van der Waals surface area contributed by atoms with Crippen LogP contribution < -0.4 is 10.6 Å². The molecule has 3 rings (SSSR count). The third kappa shape index (κ3) is 2.37. The van der Waals surface area contributed by atoms with Gasteiger partial charge in [0.15, 0.2) is 5.82 Å². The standard InChI is InChI=1S/C13H19ClN4O/c14-10-7-16-12(15)17-11(10)18-6-5-13(19)4-2-1-3-9(13)8-18/h7,9,19H,1-6,8H2,(H2,15,16,17). The Kier molecular flexibility index (Phi) is 3.27. The van der Waals surface area contributed by atoms with Crippen molar-refractivity contribution >= 4 is 23.4 Å². The van der Waals surface area contributed by atoms with Gasteiger partial charge in [-0.05, 0) is 19.3 Å². The zero-order chi connectivity index (χ0) is 13.5. The molecule has 0 spiro atoms. The fraction of sp³-hybridized carbons (Fsp3) is 0.692. The number of hydrogen-bond donors (Lipinski definition) is 2. The third-order valence-electron chi connectivity index (χ3n) is 4.47. The van der Waals surface area contributed by atoms with Gasteiger partial charge in [-0.3, -0.25) is 0 Å². The van der Waals surface area contributed by atoms with E-state index in [0.29, 0.717) is 16.8 Å². The molecule has 0 bridgehead atoms. The highest BCUT2D eigenvalue weighted by atomic mass is 35.5. The number of fused-ring (bicyclic) bond motifs is 1. The van der Waals surface area contributed by atoms with E-state index in [0.717, 1.165) is 38.8 Å². The lowest BCUT2D eigenvalue weighted by Gasteiger charge is -2.47. The molecule has 5 nitrogen and oxygen atoms in total. The molecule has 1 saturated heterocycles. The second kappa shape index (κ2) is 4.80.